The topological polar surface area (TPSA) is 76.1 Å². The number of thioether (sulfide) groups is 1. The molecule has 1 rings (SSSR count). The Morgan fingerprint density at radius 1 is 1.25 bits per heavy atom. The predicted molar refractivity (Wildman–Crippen MR) is 77.9 cm³/mol. The van der Waals surface area contributed by atoms with E-state index in [1.165, 1.54) is 12.0 Å². The van der Waals surface area contributed by atoms with Gasteiger partial charge < -0.3 is 19.5 Å². The van der Waals surface area contributed by atoms with Crippen LogP contribution in [-0.4, -0.2) is 49.8 Å². The van der Waals surface area contributed by atoms with Gasteiger partial charge in [-0.25, -0.2) is 0 Å². The number of carboxylic acids is 1. The molecule has 0 radical (unpaired) electrons. The molecule has 0 aromatic heterocycles. The molecule has 1 amide bonds. The Bertz CT molecular complexity index is 492. The Labute approximate surface area is 121 Å². The zero-order valence-corrected chi connectivity index (χ0v) is 12.4. The minimum Gasteiger partial charge on any atom is -0.497 e. The van der Waals surface area contributed by atoms with E-state index in [4.69, 9.17) is 14.6 Å². The lowest BCUT2D eigenvalue weighted by Gasteiger charge is -2.20. The summed E-state index contributed by atoms with van der Waals surface area (Å²) in [5, 5.41) is 8.54. The average Bonchev–Trinajstić information content (AvgIpc) is 2.45. The molecule has 0 spiro atoms. The number of hydrogen-bond acceptors (Lipinski definition) is 5. The summed E-state index contributed by atoms with van der Waals surface area (Å²) in [4.78, 5) is 23.8. The summed E-state index contributed by atoms with van der Waals surface area (Å²) in [6, 6.07) is 5.13. The number of aliphatic carboxylic acids is 1. The molecule has 0 heterocycles. The van der Waals surface area contributed by atoms with Crippen molar-refractivity contribution in [2.45, 2.75) is 0 Å². The molecule has 1 aromatic carbocycles. The SMILES string of the molecule is COc1ccc(N(C)C(=O)CSCC(=O)O)c(OC)c1. The molecule has 0 aliphatic heterocycles. The summed E-state index contributed by atoms with van der Waals surface area (Å²) in [7, 11) is 4.68. The molecule has 0 fully saturated rings. The molecule has 0 aliphatic rings. The molecule has 7 heteroatoms. The Morgan fingerprint density at radius 3 is 2.50 bits per heavy atom. The van der Waals surface area contributed by atoms with Crippen molar-refractivity contribution in [3.63, 3.8) is 0 Å². The second-order valence-electron chi connectivity index (χ2n) is 3.88. The van der Waals surface area contributed by atoms with Gasteiger partial charge in [-0.2, -0.15) is 0 Å². The van der Waals surface area contributed by atoms with E-state index in [0.29, 0.717) is 17.2 Å². The molecule has 0 bridgehead atoms. The molecular formula is C13H17NO5S. The number of carbonyl (C=O) groups is 2. The van der Waals surface area contributed by atoms with E-state index in [1.54, 1.807) is 32.4 Å². The fourth-order valence-corrected chi connectivity index (χ4v) is 2.16. The van der Waals surface area contributed by atoms with E-state index in [2.05, 4.69) is 0 Å². The Morgan fingerprint density at radius 2 is 1.95 bits per heavy atom. The Kier molecular flexibility index (Phi) is 6.17. The highest BCUT2D eigenvalue weighted by atomic mass is 32.2. The van der Waals surface area contributed by atoms with E-state index >= 15 is 0 Å². The van der Waals surface area contributed by atoms with Gasteiger partial charge >= 0.3 is 5.97 Å². The van der Waals surface area contributed by atoms with Crippen LogP contribution in [0.5, 0.6) is 11.5 Å². The van der Waals surface area contributed by atoms with Crippen molar-refractivity contribution in [2.75, 3.05) is 37.7 Å². The first kappa shape index (κ1) is 16.2. The lowest BCUT2D eigenvalue weighted by Crippen LogP contribution is -2.28. The molecule has 1 aromatic rings. The van der Waals surface area contributed by atoms with Crippen LogP contribution in [0.4, 0.5) is 5.69 Å². The van der Waals surface area contributed by atoms with Crippen molar-refractivity contribution in [3.8, 4) is 11.5 Å². The molecule has 0 saturated carbocycles. The summed E-state index contributed by atoms with van der Waals surface area (Å²) in [6.07, 6.45) is 0. The number of carbonyl (C=O) groups excluding carboxylic acids is 1. The number of benzene rings is 1. The van der Waals surface area contributed by atoms with E-state index < -0.39 is 5.97 Å². The van der Waals surface area contributed by atoms with Crippen LogP contribution in [0.15, 0.2) is 18.2 Å². The van der Waals surface area contributed by atoms with Crippen LogP contribution in [0.2, 0.25) is 0 Å². The van der Waals surface area contributed by atoms with Crippen LogP contribution in [-0.2, 0) is 9.59 Å². The monoisotopic (exact) mass is 299 g/mol. The largest absolute Gasteiger partial charge is 0.497 e. The number of amides is 1. The van der Waals surface area contributed by atoms with Gasteiger partial charge in [-0.15, -0.1) is 11.8 Å². The minimum absolute atomic E-state index is 0.0952. The number of nitrogens with zero attached hydrogens (tertiary/aromatic N) is 1. The first-order chi connectivity index (χ1) is 9.49. The summed E-state index contributed by atoms with van der Waals surface area (Å²) in [5.74, 6) is 0.0134. The van der Waals surface area contributed by atoms with Crippen LogP contribution < -0.4 is 14.4 Å². The standard InChI is InChI=1S/C13H17NO5S/c1-14(12(15)7-20-8-13(16)17)10-5-4-9(18-2)6-11(10)19-3/h4-6H,7-8H2,1-3H3,(H,16,17). The summed E-state index contributed by atoms with van der Waals surface area (Å²) in [5.41, 5.74) is 0.606. The first-order valence-electron chi connectivity index (χ1n) is 5.77. The summed E-state index contributed by atoms with van der Waals surface area (Å²) >= 11 is 1.06. The zero-order valence-electron chi connectivity index (χ0n) is 11.6. The molecular weight excluding hydrogens is 282 g/mol. The molecule has 20 heavy (non-hydrogen) atoms. The second-order valence-corrected chi connectivity index (χ2v) is 4.86. The van der Waals surface area contributed by atoms with Crippen molar-refractivity contribution in [2.24, 2.45) is 0 Å². The van der Waals surface area contributed by atoms with Gasteiger partial charge in [0.1, 0.15) is 11.5 Å². The highest BCUT2D eigenvalue weighted by molar-refractivity contribution is 8.00. The lowest BCUT2D eigenvalue weighted by molar-refractivity contribution is -0.133. The number of ether oxygens (including phenoxy) is 2. The molecule has 1 N–H and O–H groups in total. The van der Waals surface area contributed by atoms with E-state index in [-0.39, 0.29) is 17.4 Å². The fourth-order valence-electron chi connectivity index (χ4n) is 1.52. The van der Waals surface area contributed by atoms with Crippen LogP contribution >= 0.6 is 11.8 Å². The second kappa shape index (κ2) is 7.64. The summed E-state index contributed by atoms with van der Waals surface area (Å²) in [6.45, 7) is 0. The molecule has 110 valence electrons. The maximum atomic E-state index is 12.0. The predicted octanol–water partition coefficient (Wildman–Crippen LogP) is 1.48. The lowest BCUT2D eigenvalue weighted by atomic mass is 10.2. The fraction of sp³-hybridized carbons (Fsp3) is 0.385. The third-order valence-corrected chi connectivity index (χ3v) is 3.48. The van der Waals surface area contributed by atoms with Gasteiger partial charge in [0.05, 0.1) is 31.4 Å². The number of carboxylic acid groups (broad SMARTS) is 1. The number of methoxy groups -OCH3 is 2. The van der Waals surface area contributed by atoms with Crippen LogP contribution in [0.25, 0.3) is 0 Å². The first-order valence-corrected chi connectivity index (χ1v) is 6.93. The van der Waals surface area contributed by atoms with Crippen molar-refractivity contribution < 1.29 is 24.2 Å². The van der Waals surface area contributed by atoms with E-state index in [9.17, 15) is 9.59 Å². The van der Waals surface area contributed by atoms with Crippen molar-refractivity contribution >= 4 is 29.3 Å². The van der Waals surface area contributed by atoms with Gasteiger partial charge in [-0.3, -0.25) is 9.59 Å². The van der Waals surface area contributed by atoms with Gasteiger partial charge in [0.25, 0.3) is 0 Å². The third kappa shape index (κ3) is 4.34. The summed E-state index contributed by atoms with van der Waals surface area (Å²) < 4.78 is 10.3. The maximum absolute atomic E-state index is 12.0. The molecule has 6 nitrogen and oxygen atoms in total. The van der Waals surface area contributed by atoms with Gasteiger partial charge in [0, 0.05) is 13.1 Å². The van der Waals surface area contributed by atoms with E-state index in [0.717, 1.165) is 11.8 Å². The molecule has 0 atom stereocenters. The highest BCUT2D eigenvalue weighted by Crippen LogP contribution is 2.31. The van der Waals surface area contributed by atoms with Crippen molar-refractivity contribution in [1.82, 2.24) is 0 Å². The smallest absolute Gasteiger partial charge is 0.313 e. The zero-order chi connectivity index (χ0) is 15.1. The molecule has 0 aliphatic carbocycles. The van der Waals surface area contributed by atoms with Crippen molar-refractivity contribution in [1.29, 1.82) is 0 Å². The molecule has 0 unspecified atom stereocenters. The quantitative estimate of drug-likeness (QED) is 0.822. The maximum Gasteiger partial charge on any atom is 0.313 e. The van der Waals surface area contributed by atoms with Crippen molar-refractivity contribution in [3.05, 3.63) is 18.2 Å². The van der Waals surface area contributed by atoms with Crippen LogP contribution in [0.3, 0.4) is 0 Å². The highest BCUT2D eigenvalue weighted by Gasteiger charge is 2.16. The van der Waals surface area contributed by atoms with Gasteiger partial charge in [-0.1, -0.05) is 0 Å². The minimum atomic E-state index is -0.938. The van der Waals surface area contributed by atoms with Gasteiger partial charge in [0.15, 0.2) is 0 Å². The number of rotatable bonds is 7. The van der Waals surface area contributed by atoms with Gasteiger partial charge in [-0.05, 0) is 12.1 Å². The van der Waals surface area contributed by atoms with E-state index in [1.807, 2.05) is 0 Å². The normalized spacial score (nSPS) is 9.95. The number of hydrogen-bond donors (Lipinski definition) is 1. The number of anilines is 1. The Hall–Kier alpha value is -1.89. The van der Waals surface area contributed by atoms with Crippen LogP contribution in [0.1, 0.15) is 0 Å². The van der Waals surface area contributed by atoms with Gasteiger partial charge in [0.2, 0.25) is 5.91 Å². The third-order valence-electron chi connectivity index (χ3n) is 2.57. The van der Waals surface area contributed by atoms with Crippen LogP contribution in [0, 0.1) is 0 Å². The average molecular weight is 299 g/mol. The molecule has 0 saturated heterocycles. The Balaban J connectivity index is 2.77.